The highest BCUT2D eigenvalue weighted by Gasteiger charge is 2.23. The lowest BCUT2D eigenvalue weighted by Gasteiger charge is -2.18. The van der Waals surface area contributed by atoms with Crippen LogP contribution in [0.4, 0.5) is 4.39 Å². The lowest BCUT2D eigenvalue weighted by molar-refractivity contribution is 0.0996. The van der Waals surface area contributed by atoms with E-state index in [-0.39, 0.29) is 10.4 Å². The van der Waals surface area contributed by atoms with Crippen molar-refractivity contribution in [1.82, 2.24) is 4.57 Å². The van der Waals surface area contributed by atoms with Crippen LogP contribution in [0.5, 0.6) is 5.75 Å². The minimum absolute atomic E-state index is 0.125. The largest absolute Gasteiger partial charge is 0.506 e. The molecule has 1 amide bonds. The van der Waals surface area contributed by atoms with Crippen molar-refractivity contribution in [3.63, 3.8) is 0 Å². The van der Waals surface area contributed by atoms with Gasteiger partial charge in [-0.2, -0.15) is 0 Å². The second kappa shape index (κ2) is 7.15. The number of halogens is 2. The SMILES string of the molecule is CC(C)Cn1c(=O)c(C(N)=O)c(O)c2c(-c3ccc(F)c(Br)c3)cccc21. The number of nitrogens with two attached hydrogens (primary N) is 1. The Balaban J connectivity index is 2.47. The van der Waals surface area contributed by atoms with Crippen molar-refractivity contribution in [2.75, 3.05) is 0 Å². The number of rotatable bonds is 4. The van der Waals surface area contributed by atoms with E-state index < -0.39 is 28.6 Å². The van der Waals surface area contributed by atoms with Crippen LogP contribution in [0, 0.1) is 11.7 Å². The van der Waals surface area contributed by atoms with Crippen LogP contribution >= 0.6 is 15.9 Å². The first-order valence-corrected chi connectivity index (χ1v) is 9.15. The topological polar surface area (TPSA) is 85.3 Å². The Morgan fingerprint density at radius 3 is 2.59 bits per heavy atom. The van der Waals surface area contributed by atoms with Crippen molar-refractivity contribution in [1.29, 1.82) is 0 Å². The van der Waals surface area contributed by atoms with Gasteiger partial charge in [-0.25, -0.2) is 4.39 Å². The predicted octanol–water partition coefficient (Wildman–Crippen LogP) is 4.03. The van der Waals surface area contributed by atoms with Gasteiger partial charge in [-0.1, -0.05) is 32.0 Å². The molecule has 7 heteroatoms. The standard InChI is InChI=1S/C20H18BrFN2O3/c1-10(2)9-24-15-5-3-4-12(11-6-7-14(22)13(21)8-11)16(15)18(25)17(19(23)26)20(24)27/h3-8,10,25H,9H2,1-2H3,(H2,23,26). The van der Waals surface area contributed by atoms with E-state index in [0.717, 1.165) is 0 Å². The van der Waals surface area contributed by atoms with E-state index in [2.05, 4.69) is 15.9 Å². The first kappa shape index (κ1) is 19.1. The van der Waals surface area contributed by atoms with Crippen LogP contribution in [0.2, 0.25) is 0 Å². The normalized spacial score (nSPS) is 11.3. The Labute approximate surface area is 163 Å². The summed E-state index contributed by atoms with van der Waals surface area (Å²) in [6.07, 6.45) is 0. The van der Waals surface area contributed by atoms with E-state index in [0.29, 0.717) is 28.6 Å². The maximum absolute atomic E-state index is 13.6. The fourth-order valence-electron chi connectivity index (χ4n) is 3.16. The Morgan fingerprint density at radius 1 is 1.30 bits per heavy atom. The van der Waals surface area contributed by atoms with E-state index in [9.17, 15) is 19.1 Å². The third kappa shape index (κ3) is 3.35. The zero-order valence-electron chi connectivity index (χ0n) is 14.8. The molecule has 3 N–H and O–H groups in total. The van der Waals surface area contributed by atoms with Gasteiger partial charge in [-0.15, -0.1) is 0 Å². The van der Waals surface area contributed by atoms with Gasteiger partial charge in [0.05, 0.1) is 9.99 Å². The summed E-state index contributed by atoms with van der Waals surface area (Å²) in [4.78, 5) is 24.6. The van der Waals surface area contributed by atoms with Gasteiger partial charge in [-0.05, 0) is 51.2 Å². The highest BCUT2D eigenvalue weighted by atomic mass is 79.9. The van der Waals surface area contributed by atoms with Crippen molar-refractivity contribution >= 4 is 32.7 Å². The summed E-state index contributed by atoms with van der Waals surface area (Å²) in [5.41, 5.74) is 5.96. The van der Waals surface area contributed by atoms with Gasteiger partial charge in [0.2, 0.25) is 0 Å². The van der Waals surface area contributed by atoms with Gasteiger partial charge in [0, 0.05) is 11.9 Å². The molecule has 1 aromatic heterocycles. The molecule has 27 heavy (non-hydrogen) atoms. The number of nitrogens with zero attached hydrogens (tertiary/aromatic N) is 1. The second-order valence-electron chi connectivity index (χ2n) is 6.73. The first-order chi connectivity index (χ1) is 12.7. The molecule has 0 aliphatic heterocycles. The summed E-state index contributed by atoms with van der Waals surface area (Å²) in [6, 6.07) is 9.62. The van der Waals surface area contributed by atoms with Crippen molar-refractivity contribution in [2.24, 2.45) is 11.7 Å². The molecule has 0 bridgehead atoms. The van der Waals surface area contributed by atoms with Crippen LogP contribution < -0.4 is 11.3 Å². The van der Waals surface area contributed by atoms with Gasteiger partial charge in [0.15, 0.2) is 0 Å². The molecule has 2 aromatic carbocycles. The van der Waals surface area contributed by atoms with E-state index in [1.165, 1.54) is 10.6 Å². The fraction of sp³-hybridized carbons (Fsp3) is 0.200. The monoisotopic (exact) mass is 432 g/mol. The van der Waals surface area contributed by atoms with Gasteiger partial charge in [0.25, 0.3) is 11.5 Å². The molecule has 0 atom stereocenters. The molecule has 0 aliphatic rings. The summed E-state index contributed by atoms with van der Waals surface area (Å²) in [5, 5.41) is 11.0. The average Bonchev–Trinajstić information content (AvgIpc) is 2.60. The summed E-state index contributed by atoms with van der Waals surface area (Å²) < 4.78 is 15.3. The number of fused-ring (bicyclic) bond motifs is 1. The van der Waals surface area contributed by atoms with Crippen molar-refractivity contribution in [3.8, 4) is 16.9 Å². The molecule has 1 heterocycles. The highest BCUT2D eigenvalue weighted by molar-refractivity contribution is 9.10. The number of carbonyl (C=O) groups is 1. The van der Waals surface area contributed by atoms with Crippen LogP contribution in [-0.4, -0.2) is 15.6 Å². The highest BCUT2D eigenvalue weighted by Crippen LogP contribution is 2.37. The molecule has 0 aliphatic carbocycles. The molecule has 0 spiro atoms. The van der Waals surface area contributed by atoms with Crippen LogP contribution in [0.1, 0.15) is 24.2 Å². The van der Waals surface area contributed by atoms with Gasteiger partial charge < -0.3 is 15.4 Å². The molecular weight excluding hydrogens is 415 g/mol. The van der Waals surface area contributed by atoms with E-state index in [1.54, 1.807) is 30.3 Å². The number of aromatic nitrogens is 1. The number of hydrogen-bond donors (Lipinski definition) is 2. The van der Waals surface area contributed by atoms with Crippen molar-refractivity contribution in [3.05, 3.63) is 62.6 Å². The molecule has 0 saturated carbocycles. The predicted molar refractivity (Wildman–Crippen MR) is 106 cm³/mol. The van der Waals surface area contributed by atoms with Crippen molar-refractivity contribution < 1.29 is 14.3 Å². The zero-order valence-corrected chi connectivity index (χ0v) is 16.4. The summed E-state index contributed by atoms with van der Waals surface area (Å²) in [5.74, 6) is -1.75. The number of carbonyl (C=O) groups excluding carboxylic acids is 1. The molecule has 0 fully saturated rings. The second-order valence-corrected chi connectivity index (χ2v) is 7.58. The Bertz CT molecular complexity index is 1120. The number of amides is 1. The van der Waals surface area contributed by atoms with Gasteiger partial charge in [0.1, 0.15) is 17.1 Å². The molecule has 3 rings (SSSR count). The molecule has 5 nitrogen and oxygen atoms in total. The average molecular weight is 433 g/mol. The van der Waals surface area contributed by atoms with E-state index in [1.807, 2.05) is 13.8 Å². The zero-order chi connectivity index (χ0) is 19.9. The third-order valence-electron chi connectivity index (χ3n) is 4.29. The Hall–Kier alpha value is -2.67. The third-order valence-corrected chi connectivity index (χ3v) is 4.90. The number of pyridine rings is 1. The smallest absolute Gasteiger partial charge is 0.267 e. The lowest BCUT2D eigenvalue weighted by atomic mass is 9.97. The molecular formula is C20H18BrFN2O3. The van der Waals surface area contributed by atoms with E-state index in [4.69, 9.17) is 5.73 Å². The van der Waals surface area contributed by atoms with Gasteiger partial charge >= 0.3 is 0 Å². The summed E-state index contributed by atoms with van der Waals surface area (Å²) >= 11 is 3.16. The Kier molecular flexibility index (Phi) is 5.06. The molecule has 0 unspecified atom stereocenters. The minimum Gasteiger partial charge on any atom is -0.506 e. The van der Waals surface area contributed by atoms with Crippen LogP contribution in [0.25, 0.3) is 22.0 Å². The lowest BCUT2D eigenvalue weighted by Crippen LogP contribution is -2.31. The van der Waals surface area contributed by atoms with Crippen LogP contribution in [0.15, 0.2) is 45.7 Å². The van der Waals surface area contributed by atoms with Crippen LogP contribution in [-0.2, 0) is 6.54 Å². The number of benzene rings is 2. The number of primary amides is 1. The van der Waals surface area contributed by atoms with Crippen molar-refractivity contribution in [2.45, 2.75) is 20.4 Å². The molecule has 0 saturated heterocycles. The Morgan fingerprint density at radius 2 is 2.00 bits per heavy atom. The van der Waals surface area contributed by atoms with E-state index >= 15 is 0 Å². The number of hydrogen-bond acceptors (Lipinski definition) is 3. The maximum atomic E-state index is 13.6. The molecule has 0 radical (unpaired) electrons. The fourth-order valence-corrected chi connectivity index (χ4v) is 3.54. The summed E-state index contributed by atoms with van der Waals surface area (Å²) in [7, 11) is 0. The minimum atomic E-state index is -0.994. The maximum Gasteiger partial charge on any atom is 0.267 e. The van der Waals surface area contributed by atoms with Crippen LogP contribution in [0.3, 0.4) is 0 Å². The van der Waals surface area contributed by atoms with Gasteiger partial charge in [-0.3, -0.25) is 9.59 Å². The first-order valence-electron chi connectivity index (χ1n) is 8.36. The summed E-state index contributed by atoms with van der Waals surface area (Å²) in [6.45, 7) is 4.23. The molecule has 3 aromatic rings. The number of aromatic hydroxyl groups is 1. The quantitative estimate of drug-likeness (QED) is 0.652. The molecule has 140 valence electrons.